The fraction of sp³-hybridized carbons (Fsp3) is 0.292. The normalized spacial score (nSPS) is 19.6. The molecule has 1 saturated carbocycles. The van der Waals surface area contributed by atoms with Crippen LogP contribution in [0.1, 0.15) is 53.9 Å². The molecule has 10 heteroatoms. The van der Waals surface area contributed by atoms with E-state index < -0.39 is 11.9 Å². The molecule has 172 valence electrons. The number of esters is 1. The van der Waals surface area contributed by atoms with Gasteiger partial charge >= 0.3 is 5.97 Å². The van der Waals surface area contributed by atoms with Crippen molar-refractivity contribution in [1.82, 2.24) is 19.9 Å². The van der Waals surface area contributed by atoms with E-state index in [0.29, 0.717) is 33.8 Å². The van der Waals surface area contributed by atoms with E-state index in [9.17, 15) is 9.59 Å². The van der Waals surface area contributed by atoms with Gasteiger partial charge in [-0.05, 0) is 49.7 Å². The summed E-state index contributed by atoms with van der Waals surface area (Å²) in [5, 5.41) is 1.34. The molecule has 5 heterocycles. The van der Waals surface area contributed by atoms with E-state index in [4.69, 9.17) is 14.1 Å². The predicted molar refractivity (Wildman–Crippen MR) is 125 cm³/mol. The number of imidazole rings is 1. The largest absolute Gasteiger partial charge is 0.461 e. The van der Waals surface area contributed by atoms with Crippen molar-refractivity contribution in [3.8, 4) is 0 Å². The summed E-state index contributed by atoms with van der Waals surface area (Å²) in [7, 11) is 0. The third kappa shape index (κ3) is 3.45. The van der Waals surface area contributed by atoms with Crippen LogP contribution in [0.2, 0.25) is 0 Å². The van der Waals surface area contributed by atoms with Gasteiger partial charge in [-0.25, -0.2) is 9.78 Å². The molecule has 6 rings (SSSR count). The molecule has 1 aliphatic heterocycles. The maximum atomic E-state index is 13.0. The Bertz CT molecular complexity index is 1420. The fourth-order valence-electron chi connectivity index (χ4n) is 4.77. The molecule has 0 amide bonds. The van der Waals surface area contributed by atoms with Gasteiger partial charge in [0.1, 0.15) is 11.5 Å². The number of carbonyl (C=O) groups is 2. The minimum absolute atomic E-state index is 0.148. The van der Waals surface area contributed by atoms with Gasteiger partial charge in [-0.3, -0.25) is 14.8 Å². The molecular weight excluding hydrogens is 454 g/mol. The predicted octanol–water partition coefficient (Wildman–Crippen LogP) is 4.79. The monoisotopic (exact) mass is 475 g/mol. The lowest BCUT2D eigenvalue weighted by Crippen LogP contribution is -2.36. The molecule has 1 fully saturated rings. The molecule has 2 unspecified atom stereocenters. The minimum Gasteiger partial charge on any atom is -0.461 e. The number of aromatic amines is 2. The summed E-state index contributed by atoms with van der Waals surface area (Å²) in [4.78, 5) is 45.2. The second-order valence-electron chi connectivity index (χ2n) is 8.26. The Balaban J connectivity index is 1.37. The molecule has 2 N–H and O–H groups in total. The maximum Gasteiger partial charge on any atom is 0.357 e. The van der Waals surface area contributed by atoms with Gasteiger partial charge in [0, 0.05) is 30.1 Å². The first kappa shape index (κ1) is 20.9. The molecule has 1 aliphatic carbocycles. The maximum absolute atomic E-state index is 13.0. The van der Waals surface area contributed by atoms with Crippen molar-refractivity contribution >= 4 is 45.9 Å². The van der Waals surface area contributed by atoms with Crippen LogP contribution in [0.15, 0.2) is 56.4 Å². The van der Waals surface area contributed by atoms with Crippen LogP contribution in [0.5, 0.6) is 0 Å². The smallest absolute Gasteiger partial charge is 0.357 e. The van der Waals surface area contributed by atoms with Crippen molar-refractivity contribution in [2.24, 2.45) is 10.9 Å². The summed E-state index contributed by atoms with van der Waals surface area (Å²) in [5.74, 6) is -0.404. The molecule has 0 spiro atoms. The molecule has 0 saturated heterocycles. The van der Waals surface area contributed by atoms with Crippen LogP contribution in [0.25, 0.3) is 11.0 Å². The molecule has 0 aromatic carbocycles. The number of aromatic nitrogens is 4. The van der Waals surface area contributed by atoms with Gasteiger partial charge in [-0.2, -0.15) is 0 Å². The summed E-state index contributed by atoms with van der Waals surface area (Å²) in [6.07, 6.45) is 7.16. The van der Waals surface area contributed by atoms with Crippen molar-refractivity contribution in [3.05, 3.63) is 53.8 Å². The van der Waals surface area contributed by atoms with E-state index >= 15 is 0 Å². The van der Waals surface area contributed by atoms with Crippen molar-refractivity contribution in [2.45, 2.75) is 42.4 Å². The zero-order chi connectivity index (χ0) is 23.2. The Morgan fingerprint density at radius 3 is 3.03 bits per heavy atom. The van der Waals surface area contributed by atoms with Crippen LogP contribution in [0.4, 0.5) is 5.69 Å². The number of rotatable bonds is 5. The molecule has 2 atom stereocenters. The highest BCUT2D eigenvalue weighted by Crippen LogP contribution is 2.48. The summed E-state index contributed by atoms with van der Waals surface area (Å²) in [6.45, 7) is 2.03. The Kier molecular flexibility index (Phi) is 5.09. The summed E-state index contributed by atoms with van der Waals surface area (Å²) in [5.41, 5.74) is 4.10. The number of ether oxygens (including phenoxy) is 1. The highest BCUT2D eigenvalue weighted by Gasteiger charge is 2.44. The van der Waals surface area contributed by atoms with Gasteiger partial charge in [0.15, 0.2) is 15.9 Å². The first-order valence-corrected chi connectivity index (χ1v) is 12.0. The van der Waals surface area contributed by atoms with Crippen LogP contribution in [0, 0.1) is 5.92 Å². The van der Waals surface area contributed by atoms with Crippen molar-refractivity contribution in [3.63, 3.8) is 0 Å². The number of carbonyl (C=O) groups excluding carboxylic acids is 2. The summed E-state index contributed by atoms with van der Waals surface area (Å²) < 4.78 is 11.4. The van der Waals surface area contributed by atoms with Crippen LogP contribution in [0.3, 0.4) is 0 Å². The highest BCUT2D eigenvalue weighted by molar-refractivity contribution is 7.99. The number of Topliss-reactive ketones (excluding diaryl/α,β-unsaturated/α-hetero) is 1. The second-order valence-corrected chi connectivity index (χ2v) is 9.25. The molecule has 4 aromatic heterocycles. The number of fused-ring (bicyclic) bond motifs is 3. The number of hydrogen-bond donors (Lipinski definition) is 2. The number of nitrogens with zero attached hydrogens (tertiary/aromatic N) is 3. The van der Waals surface area contributed by atoms with Crippen molar-refractivity contribution in [2.75, 3.05) is 6.61 Å². The fourth-order valence-corrected chi connectivity index (χ4v) is 5.54. The zero-order valence-corrected chi connectivity index (χ0v) is 19.1. The quantitative estimate of drug-likeness (QED) is 0.397. The van der Waals surface area contributed by atoms with Crippen LogP contribution < -0.4 is 0 Å². The van der Waals surface area contributed by atoms with E-state index in [1.807, 2.05) is 18.2 Å². The Morgan fingerprint density at radius 1 is 1.26 bits per heavy atom. The number of pyridine rings is 1. The van der Waals surface area contributed by atoms with Gasteiger partial charge < -0.3 is 19.1 Å². The van der Waals surface area contributed by atoms with Gasteiger partial charge in [0.05, 0.1) is 41.4 Å². The number of aliphatic imine (C=N–C) groups is 1. The summed E-state index contributed by atoms with van der Waals surface area (Å²) >= 11 is 1.37. The first-order chi connectivity index (χ1) is 16.6. The van der Waals surface area contributed by atoms with E-state index in [0.717, 1.165) is 35.2 Å². The standard InChI is InChI=1S/C24H21N5O4S/c1-2-32-23(31)22-21-12(10-26-22)19(20-14(27-21)4-3-5-16(20)30)17-6-7-18(33-17)34-24-28-13-8-9-25-11-15(13)29-24/h6-11,19-20,26H,2-5H2,1H3,(H,28,29). The summed E-state index contributed by atoms with van der Waals surface area (Å²) in [6, 6.07) is 5.61. The van der Waals surface area contributed by atoms with Crippen LogP contribution >= 0.6 is 11.8 Å². The molecule has 0 bridgehead atoms. The molecular formula is C24H21N5O4S. The Labute approximate surface area is 198 Å². The molecule has 4 aromatic rings. The van der Waals surface area contributed by atoms with Crippen LogP contribution in [-0.4, -0.2) is 44.0 Å². The average molecular weight is 476 g/mol. The van der Waals surface area contributed by atoms with Gasteiger partial charge in [0.25, 0.3) is 0 Å². The van der Waals surface area contributed by atoms with Crippen LogP contribution in [-0.2, 0) is 9.53 Å². The number of hydrogen-bond acceptors (Lipinski definition) is 8. The number of furan rings is 1. The lowest BCUT2D eigenvalue weighted by atomic mass is 9.72. The van der Waals surface area contributed by atoms with E-state index in [1.54, 1.807) is 25.5 Å². The van der Waals surface area contributed by atoms with Gasteiger partial charge in [0.2, 0.25) is 0 Å². The van der Waals surface area contributed by atoms with E-state index in [1.165, 1.54) is 11.8 Å². The van der Waals surface area contributed by atoms with Crippen molar-refractivity contribution in [1.29, 1.82) is 0 Å². The third-order valence-electron chi connectivity index (χ3n) is 6.22. The topological polar surface area (TPSA) is 126 Å². The number of ketones is 1. The molecule has 9 nitrogen and oxygen atoms in total. The molecule has 34 heavy (non-hydrogen) atoms. The van der Waals surface area contributed by atoms with Gasteiger partial charge in [-0.1, -0.05) is 0 Å². The number of H-pyrrole nitrogens is 2. The van der Waals surface area contributed by atoms with Gasteiger partial charge in [-0.15, -0.1) is 0 Å². The second kappa shape index (κ2) is 8.28. The van der Waals surface area contributed by atoms with E-state index in [-0.39, 0.29) is 18.3 Å². The molecule has 2 aliphatic rings. The Morgan fingerprint density at radius 2 is 2.18 bits per heavy atom. The average Bonchev–Trinajstić information content (AvgIpc) is 3.56. The lowest BCUT2D eigenvalue weighted by Gasteiger charge is -2.32. The minimum atomic E-state index is -0.456. The highest BCUT2D eigenvalue weighted by atomic mass is 32.2. The van der Waals surface area contributed by atoms with Crippen molar-refractivity contribution < 1.29 is 18.7 Å². The lowest BCUT2D eigenvalue weighted by molar-refractivity contribution is -0.122. The zero-order valence-electron chi connectivity index (χ0n) is 18.3. The van der Waals surface area contributed by atoms with E-state index in [2.05, 4.69) is 19.9 Å². The SMILES string of the molecule is CCOC(=O)c1[nH]cc2c1N=C1CCCC(=O)C1C2c1ccc(Sc2nc3ccncc3[nH]2)o1. The Hall–Kier alpha value is -3.66. The third-order valence-corrected chi connectivity index (χ3v) is 7.02. The first-order valence-electron chi connectivity index (χ1n) is 11.2. The number of nitrogens with one attached hydrogen (secondary N) is 2. The molecule has 0 radical (unpaired) electrons.